The Labute approximate surface area is 125 Å². The van der Waals surface area contributed by atoms with Gasteiger partial charge in [0.15, 0.2) is 0 Å². The van der Waals surface area contributed by atoms with Crippen LogP contribution in [-0.4, -0.2) is 22.2 Å². The second-order valence-corrected chi connectivity index (χ2v) is 6.19. The van der Waals surface area contributed by atoms with E-state index in [1.165, 1.54) is 12.5 Å². The fourth-order valence-corrected chi connectivity index (χ4v) is 3.02. The summed E-state index contributed by atoms with van der Waals surface area (Å²) in [7, 11) is 0. The molecule has 0 bridgehead atoms. The molecule has 0 spiro atoms. The largest absolute Gasteiger partial charge is 0.388 e. The molecule has 0 aliphatic heterocycles. The van der Waals surface area contributed by atoms with Crippen LogP contribution in [0.2, 0.25) is 0 Å². The quantitative estimate of drug-likeness (QED) is 0.641. The van der Waals surface area contributed by atoms with Gasteiger partial charge in [-0.2, -0.15) is 0 Å². The first-order valence-corrected chi connectivity index (χ1v) is 7.65. The van der Waals surface area contributed by atoms with E-state index in [4.69, 9.17) is 0 Å². The molecular weight excluding hydrogens is 268 g/mol. The highest BCUT2D eigenvalue weighted by molar-refractivity contribution is 5.55. The van der Waals surface area contributed by atoms with E-state index in [9.17, 15) is 15.2 Å². The van der Waals surface area contributed by atoms with Gasteiger partial charge in [0, 0.05) is 24.4 Å². The van der Waals surface area contributed by atoms with Crippen molar-refractivity contribution in [2.75, 3.05) is 11.9 Å². The van der Waals surface area contributed by atoms with E-state index in [0.717, 1.165) is 42.9 Å². The summed E-state index contributed by atoms with van der Waals surface area (Å²) in [6.45, 7) is 4.54. The monoisotopic (exact) mass is 292 g/mol. The average molecular weight is 292 g/mol. The average Bonchev–Trinajstić information content (AvgIpc) is 2.46. The first-order valence-electron chi connectivity index (χ1n) is 7.65. The third-order valence-corrected chi connectivity index (χ3v) is 4.64. The number of nitrogens with zero attached hydrogens (tertiary/aromatic N) is 1. The first-order chi connectivity index (χ1) is 9.93. The van der Waals surface area contributed by atoms with E-state index in [0.29, 0.717) is 6.54 Å². The molecule has 116 valence electrons. The molecule has 1 aliphatic rings. The van der Waals surface area contributed by atoms with Crippen molar-refractivity contribution in [3.63, 3.8) is 0 Å². The van der Waals surface area contributed by atoms with Gasteiger partial charge in [0.05, 0.1) is 10.5 Å². The fourth-order valence-electron chi connectivity index (χ4n) is 3.02. The van der Waals surface area contributed by atoms with Crippen LogP contribution in [0.15, 0.2) is 18.2 Å². The Morgan fingerprint density at radius 3 is 2.62 bits per heavy atom. The number of nitrogens with one attached hydrogen (secondary N) is 1. The second-order valence-electron chi connectivity index (χ2n) is 6.19. The molecule has 0 saturated heterocycles. The predicted octanol–water partition coefficient (Wildman–Crippen LogP) is 3.65. The highest BCUT2D eigenvalue weighted by Crippen LogP contribution is 2.34. The zero-order chi connectivity index (χ0) is 15.5. The number of non-ortho nitro benzene ring substituents is 1. The number of aryl methyl sites for hydroxylation is 1. The van der Waals surface area contributed by atoms with Gasteiger partial charge in [0.1, 0.15) is 0 Å². The Balaban J connectivity index is 1.95. The molecule has 1 aromatic rings. The molecule has 2 rings (SSSR count). The lowest BCUT2D eigenvalue weighted by atomic mass is 9.78. The molecule has 1 aliphatic carbocycles. The van der Waals surface area contributed by atoms with Crippen molar-refractivity contribution in [1.29, 1.82) is 0 Å². The first kappa shape index (κ1) is 15.8. The van der Waals surface area contributed by atoms with Crippen molar-refractivity contribution in [3.8, 4) is 0 Å². The van der Waals surface area contributed by atoms with E-state index in [-0.39, 0.29) is 5.69 Å². The number of benzene rings is 1. The van der Waals surface area contributed by atoms with Gasteiger partial charge in [-0.1, -0.05) is 13.3 Å². The Morgan fingerprint density at radius 1 is 1.43 bits per heavy atom. The highest BCUT2D eigenvalue weighted by Gasteiger charge is 2.32. The predicted molar refractivity (Wildman–Crippen MR) is 83.5 cm³/mol. The summed E-state index contributed by atoms with van der Waals surface area (Å²) in [6, 6.07) is 4.77. The summed E-state index contributed by atoms with van der Waals surface area (Å²) in [5.41, 5.74) is 1.13. The maximum atomic E-state index is 10.7. The topological polar surface area (TPSA) is 75.4 Å². The third kappa shape index (κ3) is 3.94. The third-order valence-electron chi connectivity index (χ3n) is 4.64. The number of aliphatic hydroxyl groups is 1. The summed E-state index contributed by atoms with van der Waals surface area (Å²) in [6.07, 6.45) is 4.99. The molecule has 0 unspecified atom stereocenters. The van der Waals surface area contributed by atoms with Crippen molar-refractivity contribution in [2.45, 2.75) is 51.6 Å². The van der Waals surface area contributed by atoms with Crippen LogP contribution in [0.5, 0.6) is 0 Å². The van der Waals surface area contributed by atoms with Crippen molar-refractivity contribution in [2.24, 2.45) is 5.92 Å². The van der Waals surface area contributed by atoms with Crippen molar-refractivity contribution >= 4 is 11.4 Å². The van der Waals surface area contributed by atoms with Gasteiger partial charge in [0.2, 0.25) is 0 Å². The van der Waals surface area contributed by atoms with Crippen LogP contribution in [0.1, 0.15) is 44.6 Å². The van der Waals surface area contributed by atoms with Crippen LogP contribution in [0.4, 0.5) is 11.4 Å². The standard InChI is InChI=1S/C16H24N2O3/c1-3-13-6-8-16(19,9-7-13)11-17-15-5-4-14(18(20)21)10-12(15)2/h4-5,10,13,17,19H,3,6-9,11H2,1-2H3. The van der Waals surface area contributed by atoms with Gasteiger partial charge in [-0.25, -0.2) is 0 Å². The molecule has 5 heteroatoms. The van der Waals surface area contributed by atoms with Gasteiger partial charge in [-0.05, 0) is 50.2 Å². The minimum atomic E-state index is -0.653. The van der Waals surface area contributed by atoms with Crippen LogP contribution >= 0.6 is 0 Å². The van der Waals surface area contributed by atoms with Crippen molar-refractivity contribution in [3.05, 3.63) is 33.9 Å². The molecule has 5 nitrogen and oxygen atoms in total. The van der Waals surface area contributed by atoms with E-state index >= 15 is 0 Å². The van der Waals surface area contributed by atoms with Crippen LogP contribution < -0.4 is 5.32 Å². The van der Waals surface area contributed by atoms with Crippen LogP contribution in [0.25, 0.3) is 0 Å². The number of nitro groups is 1. The summed E-state index contributed by atoms with van der Waals surface area (Å²) >= 11 is 0. The SMILES string of the molecule is CCC1CCC(O)(CNc2ccc([N+](=O)[O-])cc2C)CC1. The van der Waals surface area contributed by atoms with Crippen molar-refractivity contribution < 1.29 is 10.0 Å². The highest BCUT2D eigenvalue weighted by atomic mass is 16.6. The van der Waals surface area contributed by atoms with E-state index in [1.807, 2.05) is 6.92 Å². The van der Waals surface area contributed by atoms with Gasteiger partial charge in [-0.15, -0.1) is 0 Å². The Kier molecular flexibility index (Phi) is 4.83. The van der Waals surface area contributed by atoms with Crippen LogP contribution in [0.3, 0.4) is 0 Å². The number of nitro benzene ring substituents is 1. The summed E-state index contributed by atoms with van der Waals surface area (Å²) < 4.78 is 0. The number of hydrogen-bond donors (Lipinski definition) is 2. The number of anilines is 1. The molecule has 21 heavy (non-hydrogen) atoms. The van der Waals surface area contributed by atoms with E-state index in [2.05, 4.69) is 12.2 Å². The molecule has 2 N–H and O–H groups in total. The second kappa shape index (κ2) is 6.43. The van der Waals surface area contributed by atoms with Crippen LogP contribution in [-0.2, 0) is 0 Å². The minimum absolute atomic E-state index is 0.0974. The van der Waals surface area contributed by atoms with Gasteiger partial charge < -0.3 is 10.4 Å². The Hall–Kier alpha value is -1.62. The molecule has 1 saturated carbocycles. The Bertz CT molecular complexity index is 508. The number of rotatable bonds is 5. The molecular formula is C16H24N2O3. The minimum Gasteiger partial charge on any atom is -0.388 e. The van der Waals surface area contributed by atoms with Gasteiger partial charge in [0.25, 0.3) is 5.69 Å². The summed E-state index contributed by atoms with van der Waals surface area (Å²) in [4.78, 5) is 10.3. The molecule has 0 aromatic heterocycles. The molecule has 1 fully saturated rings. The van der Waals surface area contributed by atoms with E-state index in [1.54, 1.807) is 12.1 Å². The lowest BCUT2D eigenvalue weighted by molar-refractivity contribution is -0.384. The molecule has 0 radical (unpaired) electrons. The number of hydrogen-bond acceptors (Lipinski definition) is 4. The lowest BCUT2D eigenvalue weighted by Crippen LogP contribution is -2.40. The van der Waals surface area contributed by atoms with Gasteiger partial charge in [-0.3, -0.25) is 10.1 Å². The molecule has 1 aromatic carbocycles. The molecule has 0 amide bonds. The van der Waals surface area contributed by atoms with Crippen LogP contribution in [0, 0.1) is 23.0 Å². The lowest BCUT2D eigenvalue weighted by Gasteiger charge is -2.36. The van der Waals surface area contributed by atoms with E-state index < -0.39 is 10.5 Å². The Morgan fingerprint density at radius 2 is 2.10 bits per heavy atom. The summed E-state index contributed by atoms with van der Waals surface area (Å²) in [5.74, 6) is 0.742. The fraction of sp³-hybridized carbons (Fsp3) is 0.625. The van der Waals surface area contributed by atoms with Crippen molar-refractivity contribution in [1.82, 2.24) is 0 Å². The summed E-state index contributed by atoms with van der Waals surface area (Å²) in [5, 5.41) is 24.6. The zero-order valence-corrected chi connectivity index (χ0v) is 12.8. The zero-order valence-electron chi connectivity index (χ0n) is 12.8. The smallest absolute Gasteiger partial charge is 0.269 e. The molecule has 0 atom stereocenters. The maximum absolute atomic E-state index is 10.7. The maximum Gasteiger partial charge on any atom is 0.269 e. The molecule has 0 heterocycles. The normalized spacial score (nSPS) is 25.6. The van der Waals surface area contributed by atoms with Gasteiger partial charge >= 0.3 is 0 Å².